The van der Waals surface area contributed by atoms with Crippen LogP contribution in [0.15, 0.2) is 111 Å². The second-order valence-corrected chi connectivity index (χ2v) is 26.8. The average Bonchev–Trinajstić information content (AvgIpc) is 0.777. The van der Waals surface area contributed by atoms with Crippen LogP contribution in [0.25, 0.3) is 90.2 Å². The van der Waals surface area contributed by atoms with E-state index in [-0.39, 0.29) is 34.5 Å². The Morgan fingerprint density at radius 3 is 0.972 bits per heavy atom. The third-order valence-electron chi connectivity index (χ3n) is 18.4. The van der Waals surface area contributed by atoms with Crippen LogP contribution in [0.1, 0.15) is 70.7 Å². The van der Waals surface area contributed by atoms with Crippen molar-refractivity contribution in [1.82, 2.24) is 98.9 Å². The fourth-order valence-electron chi connectivity index (χ4n) is 12.2. The molecule has 108 heavy (non-hydrogen) atoms. The zero-order chi connectivity index (χ0) is 77.6. The van der Waals surface area contributed by atoms with Gasteiger partial charge in [0.05, 0.1) is 44.1 Å². The number of carbonyl (C=O) groups is 1. The first kappa shape index (κ1) is 78.8. The number of likely N-dealkylation sites (N-methyl/N-ethyl adjacent to an activating group) is 1. The second kappa shape index (κ2) is 35.6. The van der Waals surface area contributed by atoms with Gasteiger partial charge in [-0.2, -0.15) is 19.9 Å². The zero-order valence-corrected chi connectivity index (χ0v) is 62.6. The highest BCUT2D eigenvalue weighted by atomic mass is 16.2. The zero-order valence-electron chi connectivity index (χ0n) is 62.6. The molecule has 0 aliphatic carbocycles. The minimum absolute atomic E-state index is 0.126. The van der Waals surface area contributed by atoms with Gasteiger partial charge >= 0.3 is 22.8 Å². The van der Waals surface area contributed by atoms with Gasteiger partial charge in [0.15, 0.2) is 46.1 Å². The van der Waals surface area contributed by atoms with E-state index in [0.717, 1.165) is 134 Å². The molecule has 0 unspecified atom stereocenters. The maximum atomic E-state index is 12.3. The van der Waals surface area contributed by atoms with Gasteiger partial charge in [0.25, 0.3) is 22.2 Å². The Hall–Kier alpha value is -11.8. The molecule has 0 spiro atoms. The monoisotopic (exact) mass is 1470 g/mol. The molecule has 33 heteroatoms. The molecule has 33 nitrogen and oxygen atoms in total. The molecule has 8 aliphatic rings. The number of nitrogens with one attached hydrogen (secondary N) is 9. The number of nitrogens with two attached hydrogens (primary N) is 2. The molecule has 0 radical (unpaired) electrons. The van der Waals surface area contributed by atoms with E-state index in [4.69, 9.17) is 11.5 Å². The maximum Gasteiger partial charge on any atom is 0.349 e. The highest BCUT2D eigenvalue weighted by molar-refractivity contribution is 5.89. The first-order chi connectivity index (χ1) is 51.7. The molecule has 0 saturated heterocycles. The normalized spacial score (nSPS) is 11.4. The minimum Gasteiger partial charge on any atom is -0.383 e. The van der Waals surface area contributed by atoms with Gasteiger partial charge in [-0.15, -0.1) is 0 Å². The van der Waals surface area contributed by atoms with Gasteiger partial charge in [-0.25, -0.2) is 39.1 Å². The van der Waals surface area contributed by atoms with Gasteiger partial charge in [0.1, 0.15) is 0 Å². The van der Waals surface area contributed by atoms with Crippen molar-refractivity contribution in [1.29, 1.82) is 0 Å². The molecule has 0 bridgehead atoms. The van der Waals surface area contributed by atoms with Gasteiger partial charge in [-0.05, 0) is 232 Å². The van der Waals surface area contributed by atoms with Crippen molar-refractivity contribution in [3.63, 3.8) is 0 Å². The molecule has 0 aromatic heterocycles. The molecule has 8 heterocycles. The molecule has 5 aromatic carbocycles. The van der Waals surface area contributed by atoms with Crippen LogP contribution < -0.4 is 83.0 Å². The van der Waals surface area contributed by atoms with Crippen molar-refractivity contribution in [2.45, 2.75) is 108 Å². The summed E-state index contributed by atoms with van der Waals surface area (Å²) < 4.78 is 7.54. The lowest BCUT2D eigenvalue weighted by molar-refractivity contribution is -0.114. The molecule has 0 atom stereocenters. The second-order valence-electron chi connectivity index (χ2n) is 26.8. The molecule has 0 saturated carbocycles. The van der Waals surface area contributed by atoms with Crippen molar-refractivity contribution >= 4 is 61.4 Å². The fourth-order valence-corrected chi connectivity index (χ4v) is 12.2. The highest BCUT2D eigenvalue weighted by Gasteiger charge is 2.24. The third-order valence-corrected chi connectivity index (χ3v) is 18.4. The number of rotatable bonds is 24. The van der Waals surface area contributed by atoms with Crippen LogP contribution in [0.3, 0.4) is 0 Å². The fraction of sp³-hybridized carbons (Fsp3) is 0.373. The molecule has 0 fully saturated rings. The molecule has 13 N–H and O–H groups in total. The van der Waals surface area contributed by atoms with E-state index in [1.54, 1.807) is 0 Å². The summed E-state index contributed by atoms with van der Waals surface area (Å²) in [4.78, 5) is 152. The number of fused-ring (bicyclic) bond motifs is 8. The number of unbranched alkanes of at least 4 members (excludes halogenated alkanes) is 1. The Labute approximate surface area is 618 Å². The van der Waals surface area contributed by atoms with Crippen LogP contribution in [0, 0.1) is 55.4 Å². The molecule has 566 valence electrons. The largest absolute Gasteiger partial charge is 0.383 e. The Morgan fingerprint density at radius 2 is 0.667 bits per heavy atom. The van der Waals surface area contributed by atoms with Crippen LogP contribution in [0.4, 0.5) is 11.4 Å². The first-order valence-corrected chi connectivity index (χ1v) is 35.7. The van der Waals surface area contributed by atoms with Crippen molar-refractivity contribution in [2.24, 2.45) is 11.5 Å². The van der Waals surface area contributed by atoms with Crippen LogP contribution in [-0.4, -0.2) is 168 Å². The van der Waals surface area contributed by atoms with Gasteiger partial charge in [0, 0.05) is 83.7 Å². The summed E-state index contributed by atoms with van der Waals surface area (Å²) in [5, 5.41) is 16.1. The number of nitrogens with zero attached hydrogens (tertiary/aromatic N) is 13. The Morgan fingerprint density at radius 1 is 0.380 bits per heavy atom. The molecular weight excluding hydrogens is 1380 g/mol. The van der Waals surface area contributed by atoms with Gasteiger partial charge in [-0.1, -0.05) is 0 Å². The lowest BCUT2D eigenvalue weighted by Gasteiger charge is -2.18. The van der Waals surface area contributed by atoms with Crippen LogP contribution in [-0.2, 0) is 31.0 Å². The molecule has 8 aliphatic heterocycles. The summed E-state index contributed by atoms with van der Waals surface area (Å²) in [5.74, 6) is 1.08. The van der Waals surface area contributed by atoms with Crippen molar-refractivity contribution in [3.8, 4) is 46.1 Å². The minimum atomic E-state index is -0.697. The number of aryl methyl sites for hydroxylation is 8. The van der Waals surface area contributed by atoms with E-state index in [0.29, 0.717) is 94.0 Å². The molecule has 1 amide bonds. The predicted octanol–water partition coefficient (Wildman–Crippen LogP) is 3.29. The Kier molecular flexibility index (Phi) is 26.0. The number of anilines is 2. The summed E-state index contributed by atoms with van der Waals surface area (Å²) >= 11 is 0. The smallest absolute Gasteiger partial charge is 0.349 e. The number of aromatic amines is 4. The molecule has 5 aromatic rings. The van der Waals surface area contributed by atoms with Gasteiger partial charge in [-0.3, -0.25) is 43.9 Å². The van der Waals surface area contributed by atoms with Crippen LogP contribution in [0.2, 0.25) is 0 Å². The number of amides is 1. The number of aromatic nitrogens is 16. The van der Waals surface area contributed by atoms with E-state index in [1.807, 2.05) is 161 Å². The molecule has 13 rings (SSSR count). The summed E-state index contributed by atoms with van der Waals surface area (Å²) in [7, 11) is 4.05. The first-order valence-electron chi connectivity index (χ1n) is 35.7. The van der Waals surface area contributed by atoms with E-state index < -0.39 is 45.0 Å². The maximum absolute atomic E-state index is 12.3. The number of benzene rings is 5. The quantitative estimate of drug-likeness (QED) is 0.0305. The average molecular weight is 1470 g/mol. The number of hydrogen-bond donors (Lipinski definition) is 11. The Balaban J connectivity index is 0.000000154. The summed E-state index contributed by atoms with van der Waals surface area (Å²) in [6.07, 6.45) is 2.89. The van der Waals surface area contributed by atoms with Gasteiger partial charge in [0.2, 0.25) is 5.91 Å². The van der Waals surface area contributed by atoms with E-state index in [9.17, 15) is 43.2 Å². The van der Waals surface area contributed by atoms with Crippen LogP contribution >= 0.6 is 0 Å². The topological polar surface area (TPSA) is 455 Å². The standard InChI is InChI=1S/C22H22N6O3.2C18H24N6O2.C17H22N6O2/c1-12-10-17-18(11-13(12)2)28(20-19(25-17)21(30)27-22(31)26-20)9-8-23-15-4-6-16(7-5-15)24-14(3)29;1-11-9-13-14(10-12(11)2)24(8-6-19-5-7-23(3)4)16-15(20-13)17(25)22-18(26)21-16;1-11-9-13-14(10-12(11)2)24(8-7-20-6-4-3-5-19)16-15(21-13)17(25)23-18(26)22-16;1-10-8-12-13(9-11(10)2)23(7-6-19-5-3-4-18)15-14(20-12)16(24)22-17(25)21-15/h4-7,10-11,23H,8-9H2,1-3H3,(H,24,29)(H,27,30,31);9-10,19H,5-8H2,1-4H3,(H,22,25,26);9-10,20H,3-8,19H2,1-2H3,(H,23,25,26);8-9,19H,3-7,18H2,1-2H3,(H,22,24,25). The van der Waals surface area contributed by atoms with E-state index in [1.165, 1.54) is 6.92 Å². The number of H-pyrrole nitrogens is 4. The number of carbonyl (C=O) groups excluding carboxylic acids is 1. The van der Waals surface area contributed by atoms with Crippen molar-refractivity contribution in [3.05, 3.63) is 201 Å². The third kappa shape index (κ3) is 19.1. The van der Waals surface area contributed by atoms with Crippen molar-refractivity contribution < 1.29 is 4.79 Å². The lowest BCUT2D eigenvalue weighted by atomic mass is 10.1. The predicted molar refractivity (Wildman–Crippen MR) is 420 cm³/mol. The summed E-state index contributed by atoms with van der Waals surface area (Å²) in [5.41, 5.74) is 23.5. The van der Waals surface area contributed by atoms with E-state index in [2.05, 4.69) is 91.3 Å². The van der Waals surface area contributed by atoms with Crippen LogP contribution in [0.5, 0.6) is 0 Å². The van der Waals surface area contributed by atoms with Gasteiger partial charge < -0.3 is 61.2 Å². The lowest BCUT2D eigenvalue weighted by Crippen LogP contribution is -2.32. The summed E-state index contributed by atoms with van der Waals surface area (Å²) in [6.45, 7) is 27.1. The summed E-state index contributed by atoms with van der Waals surface area (Å²) in [6, 6.07) is 23.2. The van der Waals surface area contributed by atoms with E-state index >= 15 is 0 Å². The van der Waals surface area contributed by atoms with Crippen molar-refractivity contribution in [2.75, 3.05) is 90.2 Å². The highest BCUT2D eigenvalue weighted by Crippen LogP contribution is 2.28. The Bertz CT molecular complexity index is 5800. The number of hydrogen-bond acceptors (Lipinski definition) is 24. The SMILES string of the molecule is CC(=O)Nc1ccc(NCCn2c3nc(=O)[nH]c(=O)c-3nc3cc(C)c(C)cc32)cc1.Cc1cc2nc3c(=O)[nH]c(=O)nc-3n(CCNCCCCN)c2cc1C.Cc1cc2nc3c(=O)[nH]c(=O)nc-3n(CCNCCCN)c2cc1C.Cc1cc2nc3c(=O)[nH]c(=O)nc-3n(CCNCCN(C)C)c2cc1C. The molecular formula is C75H92N24O9.